The second-order valence-corrected chi connectivity index (χ2v) is 8.25. The van der Waals surface area contributed by atoms with Gasteiger partial charge < -0.3 is 20.4 Å². The molecular weight excluding hydrogens is 398 g/mol. The van der Waals surface area contributed by atoms with Crippen LogP contribution in [0.2, 0.25) is 0 Å². The maximum absolute atomic E-state index is 5.76. The lowest BCUT2D eigenvalue weighted by molar-refractivity contribution is 0.185. The summed E-state index contributed by atoms with van der Waals surface area (Å²) in [6, 6.07) is 15.0. The smallest absolute Gasteiger partial charge is 0.154 e. The van der Waals surface area contributed by atoms with Crippen molar-refractivity contribution in [2.45, 2.75) is 52.3 Å². The third-order valence-corrected chi connectivity index (χ3v) is 6.00. The number of nitrogens with one attached hydrogen (secondary N) is 1. The lowest BCUT2D eigenvalue weighted by Gasteiger charge is -2.12. The number of benzene rings is 2. The number of hydrogen-bond acceptors (Lipinski definition) is 5. The quantitative estimate of drug-likeness (QED) is 0.376. The predicted molar refractivity (Wildman–Crippen MR) is 132 cm³/mol. The van der Waals surface area contributed by atoms with Gasteiger partial charge in [0.15, 0.2) is 5.82 Å². The maximum Gasteiger partial charge on any atom is 0.154 e. The Balaban J connectivity index is 1.82. The van der Waals surface area contributed by atoms with Gasteiger partial charge in [-0.05, 0) is 35.6 Å². The van der Waals surface area contributed by atoms with E-state index in [4.69, 9.17) is 20.4 Å². The van der Waals surface area contributed by atoms with E-state index in [0.717, 1.165) is 76.9 Å². The number of nitrogens with two attached hydrogens (primary N) is 1. The Morgan fingerprint density at radius 3 is 2.44 bits per heavy atom. The van der Waals surface area contributed by atoms with E-state index in [9.17, 15) is 0 Å². The van der Waals surface area contributed by atoms with Gasteiger partial charge in [-0.25, -0.2) is 9.97 Å². The standard InChI is InChI=1S/C26H33N5O/c1-4-5-6-23-30-24-25(31(23)14-13-18-7-9-19(16-27)10-8-18)21-12-11-20(17-32-3)15-22(21)29-26(24)28-2/h7-12,15H,4-6,13-14,16-17,27H2,1-3H3,(H,28,29). The molecule has 0 saturated heterocycles. The lowest BCUT2D eigenvalue weighted by Crippen LogP contribution is -2.07. The summed E-state index contributed by atoms with van der Waals surface area (Å²) in [5, 5.41) is 4.40. The number of rotatable bonds is 10. The minimum atomic E-state index is 0.574. The van der Waals surface area contributed by atoms with Gasteiger partial charge in [-0.15, -0.1) is 0 Å². The van der Waals surface area contributed by atoms with Crippen LogP contribution in [0.1, 0.15) is 42.3 Å². The normalized spacial score (nSPS) is 11.5. The number of fused-ring (bicyclic) bond motifs is 3. The Bertz CT molecular complexity index is 1200. The van der Waals surface area contributed by atoms with E-state index >= 15 is 0 Å². The molecule has 32 heavy (non-hydrogen) atoms. The average molecular weight is 432 g/mol. The van der Waals surface area contributed by atoms with Crippen LogP contribution in [0.25, 0.3) is 21.9 Å². The summed E-state index contributed by atoms with van der Waals surface area (Å²) in [5.41, 5.74) is 12.4. The highest BCUT2D eigenvalue weighted by Crippen LogP contribution is 2.31. The number of anilines is 1. The molecule has 0 fully saturated rings. The number of aryl methyl sites for hydroxylation is 3. The summed E-state index contributed by atoms with van der Waals surface area (Å²) in [4.78, 5) is 9.95. The van der Waals surface area contributed by atoms with Gasteiger partial charge in [0.1, 0.15) is 11.3 Å². The second-order valence-electron chi connectivity index (χ2n) is 8.25. The predicted octanol–water partition coefficient (Wildman–Crippen LogP) is 4.82. The van der Waals surface area contributed by atoms with Crippen LogP contribution in [-0.2, 0) is 37.3 Å². The Morgan fingerprint density at radius 2 is 1.75 bits per heavy atom. The van der Waals surface area contributed by atoms with E-state index in [1.54, 1.807) is 7.11 Å². The highest BCUT2D eigenvalue weighted by molar-refractivity contribution is 6.07. The molecule has 0 bridgehead atoms. The van der Waals surface area contributed by atoms with Gasteiger partial charge in [-0.1, -0.05) is 49.7 Å². The SMILES string of the molecule is CCCCc1nc2c(NC)nc3cc(COC)ccc3c2n1CCc1ccc(CN)cc1. The molecular formula is C26H33N5O. The molecule has 0 aliphatic rings. The van der Waals surface area contributed by atoms with Crippen molar-refractivity contribution in [3.63, 3.8) is 0 Å². The Hall–Kier alpha value is -2.96. The van der Waals surface area contributed by atoms with Gasteiger partial charge in [-0.2, -0.15) is 0 Å². The highest BCUT2D eigenvalue weighted by Gasteiger charge is 2.18. The van der Waals surface area contributed by atoms with Crippen molar-refractivity contribution >= 4 is 27.8 Å². The molecule has 0 aliphatic heterocycles. The zero-order valence-electron chi connectivity index (χ0n) is 19.3. The fraction of sp³-hybridized carbons (Fsp3) is 0.385. The Morgan fingerprint density at radius 1 is 1.00 bits per heavy atom. The molecule has 3 N–H and O–H groups in total. The number of aromatic nitrogens is 3. The molecule has 168 valence electrons. The zero-order valence-corrected chi connectivity index (χ0v) is 19.3. The fourth-order valence-electron chi connectivity index (χ4n) is 4.26. The van der Waals surface area contributed by atoms with Gasteiger partial charge in [0, 0.05) is 39.1 Å². The number of imidazole rings is 1. The summed E-state index contributed by atoms with van der Waals surface area (Å²) in [5.74, 6) is 1.96. The highest BCUT2D eigenvalue weighted by atomic mass is 16.5. The van der Waals surface area contributed by atoms with Crippen molar-refractivity contribution in [1.29, 1.82) is 0 Å². The summed E-state index contributed by atoms with van der Waals surface area (Å²) >= 11 is 0. The first kappa shape index (κ1) is 22.2. The average Bonchev–Trinajstić information content (AvgIpc) is 3.19. The third-order valence-electron chi connectivity index (χ3n) is 6.00. The van der Waals surface area contributed by atoms with Crippen molar-refractivity contribution < 1.29 is 4.74 Å². The molecule has 0 atom stereocenters. The topological polar surface area (TPSA) is 78.0 Å². The number of methoxy groups -OCH3 is 1. The third kappa shape index (κ3) is 4.47. The molecule has 2 heterocycles. The Kier molecular flexibility index (Phi) is 7.02. The molecule has 0 amide bonds. The van der Waals surface area contributed by atoms with Gasteiger partial charge in [0.2, 0.25) is 0 Å². The minimum Gasteiger partial charge on any atom is -0.380 e. The fourth-order valence-corrected chi connectivity index (χ4v) is 4.26. The second kappa shape index (κ2) is 10.1. The molecule has 2 aromatic heterocycles. The molecule has 6 nitrogen and oxygen atoms in total. The number of unbranched alkanes of at least 4 members (excludes halogenated alkanes) is 1. The summed E-state index contributed by atoms with van der Waals surface area (Å²) in [6.07, 6.45) is 4.16. The van der Waals surface area contributed by atoms with E-state index in [0.29, 0.717) is 13.2 Å². The number of pyridine rings is 1. The van der Waals surface area contributed by atoms with E-state index in [1.165, 1.54) is 5.56 Å². The molecule has 0 saturated carbocycles. The van der Waals surface area contributed by atoms with E-state index in [-0.39, 0.29) is 0 Å². The molecule has 4 aromatic rings. The van der Waals surface area contributed by atoms with Crippen molar-refractivity contribution in [1.82, 2.24) is 14.5 Å². The maximum atomic E-state index is 5.76. The summed E-state index contributed by atoms with van der Waals surface area (Å²) in [6.45, 7) is 4.24. The number of nitrogens with zero attached hydrogens (tertiary/aromatic N) is 3. The van der Waals surface area contributed by atoms with E-state index in [1.807, 2.05) is 7.05 Å². The van der Waals surface area contributed by atoms with Crippen LogP contribution < -0.4 is 11.1 Å². The van der Waals surface area contributed by atoms with E-state index < -0.39 is 0 Å². The van der Waals surface area contributed by atoms with Gasteiger partial charge in [0.05, 0.1) is 17.6 Å². The van der Waals surface area contributed by atoms with Crippen LogP contribution in [-0.4, -0.2) is 28.7 Å². The van der Waals surface area contributed by atoms with Crippen molar-refractivity contribution in [3.05, 3.63) is 65.0 Å². The number of ether oxygens (including phenoxy) is 1. The molecule has 0 aliphatic carbocycles. The lowest BCUT2D eigenvalue weighted by atomic mass is 10.1. The van der Waals surface area contributed by atoms with Crippen molar-refractivity contribution in [2.24, 2.45) is 5.73 Å². The first-order valence-electron chi connectivity index (χ1n) is 11.4. The molecule has 4 rings (SSSR count). The molecule has 6 heteroatoms. The zero-order chi connectivity index (χ0) is 22.5. The van der Waals surface area contributed by atoms with E-state index in [2.05, 4.69) is 59.3 Å². The number of hydrogen-bond donors (Lipinski definition) is 2. The monoisotopic (exact) mass is 431 g/mol. The Labute approximate surface area is 189 Å². The summed E-state index contributed by atoms with van der Waals surface area (Å²) in [7, 11) is 3.63. The summed E-state index contributed by atoms with van der Waals surface area (Å²) < 4.78 is 7.73. The van der Waals surface area contributed by atoms with Gasteiger partial charge in [-0.3, -0.25) is 0 Å². The van der Waals surface area contributed by atoms with Crippen molar-refractivity contribution in [2.75, 3.05) is 19.5 Å². The van der Waals surface area contributed by atoms with Crippen LogP contribution in [0, 0.1) is 0 Å². The largest absolute Gasteiger partial charge is 0.380 e. The van der Waals surface area contributed by atoms with Crippen LogP contribution >= 0.6 is 0 Å². The van der Waals surface area contributed by atoms with Crippen LogP contribution in [0.5, 0.6) is 0 Å². The molecule has 0 spiro atoms. The van der Waals surface area contributed by atoms with Gasteiger partial charge in [0.25, 0.3) is 0 Å². The first-order chi connectivity index (χ1) is 15.7. The van der Waals surface area contributed by atoms with Crippen molar-refractivity contribution in [3.8, 4) is 0 Å². The minimum absolute atomic E-state index is 0.574. The van der Waals surface area contributed by atoms with Crippen LogP contribution in [0.3, 0.4) is 0 Å². The van der Waals surface area contributed by atoms with Crippen LogP contribution in [0.4, 0.5) is 5.82 Å². The van der Waals surface area contributed by atoms with Crippen LogP contribution in [0.15, 0.2) is 42.5 Å². The molecule has 0 unspecified atom stereocenters. The molecule has 2 aromatic carbocycles. The first-order valence-corrected chi connectivity index (χ1v) is 11.4. The molecule has 0 radical (unpaired) electrons. The van der Waals surface area contributed by atoms with Gasteiger partial charge >= 0.3 is 0 Å².